The van der Waals surface area contributed by atoms with Gasteiger partial charge in [-0.25, -0.2) is 0 Å². The van der Waals surface area contributed by atoms with Gasteiger partial charge in [-0.3, -0.25) is 0 Å². The molecule has 2 aromatic rings. The maximum absolute atomic E-state index is 6.11. The predicted molar refractivity (Wildman–Crippen MR) is 82.5 cm³/mol. The van der Waals surface area contributed by atoms with E-state index in [1.54, 1.807) is 18.2 Å². The van der Waals surface area contributed by atoms with E-state index < -0.39 is 0 Å². The van der Waals surface area contributed by atoms with Crippen molar-refractivity contribution in [2.45, 2.75) is 13.2 Å². The highest BCUT2D eigenvalue weighted by Gasteiger charge is 2.17. The van der Waals surface area contributed by atoms with E-state index in [2.05, 4.69) is 0 Å². The fraction of sp³-hybridized carbons (Fsp3) is 0.200. The topological polar surface area (TPSA) is 27.7 Å². The van der Waals surface area contributed by atoms with E-state index >= 15 is 0 Å². The summed E-state index contributed by atoms with van der Waals surface area (Å²) in [6.45, 7) is 0.976. The molecule has 0 saturated carbocycles. The molecule has 1 heterocycles. The summed E-state index contributed by atoms with van der Waals surface area (Å²) in [5.41, 5.74) is 1.75. The standard InChI is InChI=1S/C15H11Cl3O3/c16-11-4-9-6-19-8-21-15(9)10(5-11)7-20-13-3-1-2-12(17)14(13)18/h1-5H,6-8H2. The van der Waals surface area contributed by atoms with Gasteiger partial charge >= 0.3 is 0 Å². The van der Waals surface area contributed by atoms with E-state index in [9.17, 15) is 0 Å². The molecule has 1 aliphatic heterocycles. The molecule has 0 fully saturated rings. The molecule has 3 rings (SSSR count). The monoisotopic (exact) mass is 344 g/mol. The number of ether oxygens (including phenoxy) is 3. The summed E-state index contributed by atoms with van der Waals surface area (Å²) in [5.74, 6) is 1.27. The highest BCUT2D eigenvalue weighted by atomic mass is 35.5. The Morgan fingerprint density at radius 3 is 2.86 bits per heavy atom. The van der Waals surface area contributed by atoms with Crippen molar-refractivity contribution in [3.05, 3.63) is 56.5 Å². The van der Waals surface area contributed by atoms with Crippen LogP contribution in [0.5, 0.6) is 11.5 Å². The highest BCUT2D eigenvalue weighted by molar-refractivity contribution is 6.42. The highest BCUT2D eigenvalue weighted by Crippen LogP contribution is 2.35. The van der Waals surface area contributed by atoms with Crippen LogP contribution in [0.4, 0.5) is 0 Å². The van der Waals surface area contributed by atoms with Gasteiger partial charge in [0.05, 0.1) is 11.6 Å². The van der Waals surface area contributed by atoms with Gasteiger partial charge in [0.1, 0.15) is 23.1 Å². The number of rotatable bonds is 3. The Bertz CT molecular complexity index is 673. The molecule has 0 amide bonds. The second-order valence-electron chi connectivity index (χ2n) is 4.50. The lowest BCUT2D eigenvalue weighted by Crippen LogP contribution is -2.14. The average Bonchev–Trinajstić information content (AvgIpc) is 2.48. The molecule has 21 heavy (non-hydrogen) atoms. The van der Waals surface area contributed by atoms with Crippen LogP contribution in [0.3, 0.4) is 0 Å². The quantitative estimate of drug-likeness (QED) is 0.775. The van der Waals surface area contributed by atoms with Crippen LogP contribution in [0.25, 0.3) is 0 Å². The Morgan fingerprint density at radius 1 is 1.14 bits per heavy atom. The third kappa shape index (κ3) is 3.22. The van der Waals surface area contributed by atoms with Crippen LogP contribution in [0.1, 0.15) is 11.1 Å². The van der Waals surface area contributed by atoms with Crippen LogP contribution in [0.2, 0.25) is 15.1 Å². The summed E-state index contributed by atoms with van der Waals surface area (Å²) in [6.07, 6.45) is 0. The van der Waals surface area contributed by atoms with E-state index in [-0.39, 0.29) is 13.4 Å². The van der Waals surface area contributed by atoms with Crippen molar-refractivity contribution in [2.24, 2.45) is 0 Å². The van der Waals surface area contributed by atoms with Gasteiger partial charge in [0, 0.05) is 16.1 Å². The van der Waals surface area contributed by atoms with Gasteiger partial charge in [-0.05, 0) is 24.3 Å². The minimum Gasteiger partial charge on any atom is -0.487 e. The molecule has 110 valence electrons. The molecule has 0 spiro atoms. The van der Waals surface area contributed by atoms with Crippen molar-refractivity contribution < 1.29 is 14.2 Å². The molecule has 0 N–H and O–H groups in total. The molecule has 3 nitrogen and oxygen atoms in total. The van der Waals surface area contributed by atoms with Crippen molar-refractivity contribution in [1.29, 1.82) is 0 Å². The maximum atomic E-state index is 6.11. The molecule has 0 aromatic heterocycles. The van der Waals surface area contributed by atoms with Crippen molar-refractivity contribution in [3.8, 4) is 11.5 Å². The molecule has 1 aliphatic rings. The Kier molecular flexibility index (Phi) is 4.45. The normalized spacial score (nSPS) is 13.5. The Morgan fingerprint density at radius 2 is 2.00 bits per heavy atom. The second-order valence-corrected chi connectivity index (χ2v) is 5.73. The molecule has 6 heteroatoms. The summed E-state index contributed by atoms with van der Waals surface area (Å²) in [7, 11) is 0. The molecule has 0 saturated heterocycles. The lowest BCUT2D eigenvalue weighted by molar-refractivity contribution is -0.0175. The first-order valence-corrected chi connectivity index (χ1v) is 7.37. The van der Waals surface area contributed by atoms with Gasteiger partial charge in [-0.2, -0.15) is 0 Å². The van der Waals surface area contributed by atoms with Gasteiger partial charge in [0.15, 0.2) is 6.79 Å². The molecular formula is C15H11Cl3O3. The van der Waals surface area contributed by atoms with Crippen molar-refractivity contribution in [1.82, 2.24) is 0 Å². The molecule has 0 atom stereocenters. The van der Waals surface area contributed by atoms with Gasteiger partial charge in [0.25, 0.3) is 0 Å². The number of halogens is 3. The lowest BCUT2D eigenvalue weighted by atomic mass is 10.1. The largest absolute Gasteiger partial charge is 0.487 e. The van der Waals surface area contributed by atoms with E-state index in [0.29, 0.717) is 27.4 Å². The van der Waals surface area contributed by atoms with Crippen LogP contribution in [0.15, 0.2) is 30.3 Å². The van der Waals surface area contributed by atoms with Crippen LogP contribution >= 0.6 is 34.8 Å². The average molecular weight is 346 g/mol. The van der Waals surface area contributed by atoms with Gasteiger partial charge in [0.2, 0.25) is 0 Å². The Hall–Kier alpha value is -1.13. The fourth-order valence-corrected chi connectivity index (χ4v) is 2.72. The van der Waals surface area contributed by atoms with Crippen molar-refractivity contribution >= 4 is 34.8 Å². The predicted octanol–water partition coefficient (Wildman–Crippen LogP) is 5.09. The summed E-state index contributed by atoms with van der Waals surface area (Å²) in [4.78, 5) is 0. The smallest absolute Gasteiger partial charge is 0.189 e. The number of fused-ring (bicyclic) bond motifs is 1. The molecular weight excluding hydrogens is 335 g/mol. The first-order chi connectivity index (χ1) is 10.1. The molecule has 2 aromatic carbocycles. The van der Waals surface area contributed by atoms with E-state index in [1.807, 2.05) is 12.1 Å². The number of hydrogen-bond donors (Lipinski definition) is 0. The van der Waals surface area contributed by atoms with Gasteiger partial charge in [-0.15, -0.1) is 0 Å². The fourth-order valence-electron chi connectivity index (χ4n) is 2.11. The third-order valence-electron chi connectivity index (χ3n) is 3.05. The van der Waals surface area contributed by atoms with Gasteiger partial charge < -0.3 is 14.2 Å². The SMILES string of the molecule is Clc1cc2c(c(COc3cccc(Cl)c3Cl)c1)OCOC2. The third-order valence-corrected chi connectivity index (χ3v) is 4.07. The Labute approximate surface area is 137 Å². The summed E-state index contributed by atoms with van der Waals surface area (Å²) in [6, 6.07) is 8.88. The molecule has 0 unspecified atom stereocenters. The van der Waals surface area contributed by atoms with E-state index in [4.69, 9.17) is 49.0 Å². The lowest BCUT2D eigenvalue weighted by Gasteiger charge is -2.21. The second kappa shape index (κ2) is 6.32. The zero-order valence-electron chi connectivity index (χ0n) is 10.9. The van der Waals surface area contributed by atoms with E-state index in [0.717, 1.165) is 16.9 Å². The molecule has 0 aliphatic carbocycles. The number of benzene rings is 2. The van der Waals surface area contributed by atoms with Crippen molar-refractivity contribution in [2.75, 3.05) is 6.79 Å². The number of hydrogen-bond acceptors (Lipinski definition) is 3. The van der Waals surface area contributed by atoms with Crippen LogP contribution in [-0.4, -0.2) is 6.79 Å². The first-order valence-electron chi connectivity index (χ1n) is 6.24. The van der Waals surface area contributed by atoms with Crippen LogP contribution in [0, 0.1) is 0 Å². The van der Waals surface area contributed by atoms with Crippen LogP contribution in [-0.2, 0) is 18.0 Å². The zero-order chi connectivity index (χ0) is 14.8. The minimum absolute atomic E-state index is 0.222. The van der Waals surface area contributed by atoms with Gasteiger partial charge in [-0.1, -0.05) is 40.9 Å². The first kappa shape index (κ1) is 14.8. The summed E-state index contributed by atoms with van der Waals surface area (Å²) < 4.78 is 16.5. The zero-order valence-corrected chi connectivity index (χ0v) is 13.1. The van der Waals surface area contributed by atoms with E-state index in [1.165, 1.54) is 0 Å². The Balaban J connectivity index is 1.85. The summed E-state index contributed by atoms with van der Waals surface area (Å²) in [5, 5.41) is 1.45. The molecule has 0 bridgehead atoms. The van der Waals surface area contributed by atoms with Crippen LogP contribution < -0.4 is 9.47 Å². The molecule has 0 radical (unpaired) electrons. The minimum atomic E-state index is 0.222. The van der Waals surface area contributed by atoms with Crippen molar-refractivity contribution in [3.63, 3.8) is 0 Å². The summed E-state index contributed by atoms with van der Waals surface area (Å²) >= 11 is 18.2. The maximum Gasteiger partial charge on any atom is 0.189 e.